The molecule has 0 bridgehead atoms. The Morgan fingerprint density at radius 3 is 2.32 bits per heavy atom. The van der Waals surface area contributed by atoms with Crippen LogP contribution in [-0.2, 0) is 4.79 Å². The zero-order valence-electron chi connectivity index (χ0n) is 17.9. The van der Waals surface area contributed by atoms with E-state index in [9.17, 15) is 14.4 Å². The number of benzene rings is 2. The molecule has 0 aromatic heterocycles. The molecule has 6 nitrogen and oxygen atoms in total. The molecule has 2 N–H and O–H groups in total. The van der Waals surface area contributed by atoms with Gasteiger partial charge < -0.3 is 15.5 Å². The first-order valence-electron chi connectivity index (χ1n) is 10.6. The monoisotopic (exact) mass is 441 g/mol. The molecule has 1 saturated heterocycles. The summed E-state index contributed by atoms with van der Waals surface area (Å²) in [6.45, 7) is 5.15. The third kappa shape index (κ3) is 5.85. The highest BCUT2D eigenvalue weighted by molar-refractivity contribution is 6.34. The second-order valence-corrected chi connectivity index (χ2v) is 8.30. The molecule has 0 aliphatic carbocycles. The third-order valence-electron chi connectivity index (χ3n) is 5.66. The number of piperidine rings is 1. The highest BCUT2D eigenvalue weighted by Crippen LogP contribution is 2.21. The molecule has 1 aliphatic heterocycles. The van der Waals surface area contributed by atoms with Crippen molar-refractivity contribution < 1.29 is 14.4 Å². The summed E-state index contributed by atoms with van der Waals surface area (Å²) in [4.78, 5) is 39.3. The van der Waals surface area contributed by atoms with Crippen molar-refractivity contribution in [3.8, 4) is 0 Å². The minimum atomic E-state index is -0.303. The fourth-order valence-electron chi connectivity index (χ4n) is 3.53. The maximum absolute atomic E-state index is 12.8. The lowest BCUT2D eigenvalue weighted by atomic mass is 9.95. The van der Waals surface area contributed by atoms with Gasteiger partial charge in [-0.3, -0.25) is 14.4 Å². The van der Waals surface area contributed by atoms with Gasteiger partial charge >= 0.3 is 0 Å². The summed E-state index contributed by atoms with van der Waals surface area (Å²) in [7, 11) is 0. The van der Waals surface area contributed by atoms with E-state index in [1.165, 1.54) is 0 Å². The van der Waals surface area contributed by atoms with Gasteiger partial charge in [0.1, 0.15) is 0 Å². The lowest BCUT2D eigenvalue weighted by molar-refractivity contribution is -0.126. The van der Waals surface area contributed by atoms with Gasteiger partial charge in [0.2, 0.25) is 5.91 Å². The molecular weight excluding hydrogens is 414 g/mol. The fraction of sp³-hybridized carbons (Fsp3) is 0.375. The maximum Gasteiger partial charge on any atom is 0.257 e. The van der Waals surface area contributed by atoms with Crippen LogP contribution >= 0.6 is 11.6 Å². The first kappa shape index (κ1) is 22.8. The summed E-state index contributed by atoms with van der Waals surface area (Å²) in [5.74, 6) is -0.326. The van der Waals surface area contributed by atoms with Gasteiger partial charge in [-0.2, -0.15) is 0 Å². The second kappa shape index (κ2) is 10.4. The number of carbonyl (C=O) groups excluding carboxylic acids is 3. The summed E-state index contributed by atoms with van der Waals surface area (Å²) >= 11 is 6.06. The molecule has 0 unspecified atom stereocenters. The molecule has 0 spiro atoms. The molecule has 3 rings (SSSR count). The van der Waals surface area contributed by atoms with E-state index in [0.29, 0.717) is 47.8 Å². The molecule has 3 amide bonds. The minimum absolute atomic E-state index is 0.0413. The zero-order valence-corrected chi connectivity index (χ0v) is 18.6. The van der Waals surface area contributed by atoms with Crippen molar-refractivity contribution in [3.63, 3.8) is 0 Å². The van der Waals surface area contributed by atoms with E-state index in [4.69, 9.17) is 11.6 Å². The van der Waals surface area contributed by atoms with E-state index in [-0.39, 0.29) is 29.7 Å². The van der Waals surface area contributed by atoms with Crippen molar-refractivity contribution in [2.75, 3.05) is 18.4 Å². The van der Waals surface area contributed by atoms with Gasteiger partial charge in [0.15, 0.2) is 0 Å². The van der Waals surface area contributed by atoms with Crippen LogP contribution in [0.15, 0.2) is 48.5 Å². The Balaban J connectivity index is 1.54. The van der Waals surface area contributed by atoms with Crippen molar-refractivity contribution in [2.24, 2.45) is 5.92 Å². The number of amides is 3. The van der Waals surface area contributed by atoms with E-state index in [2.05, 4.69) is 10.6 Å². The minimum Gasteiger partial charge on any atom is -0.353 e. The molecular formula is C24H28ClN3O3. The Morgan fingerprint density at radius 2 is 1.71 bits per heavy atom. The summed E-state index contributed by atoms with van der Waals surface area (Å²) in [5.41, 5.74) is 1.53. The highest BCUT2D eigenvalue weighted by atomic mass is 35.5. The predicted molar refractivity (Wildman–Crippen MR) is 122 cm³/mol. The largest absolute Gasteiger partial charge is 0.353 e. The SMILES string of the molecule is CC[C@@H](C)NC(=O)C1CCN(C(=O)c2ccc(NC(=O)c3ccccc3Cl)cc2)CC1. The van der Waals surface area contributed by atoms with Crippen LogP contribution in [0.25, 0.3) is 0 Å². The molecule has 7 heteroatoms. The first-order chi connectivity index (χ1) is 14.9. The molecule has 31 heavy (non-hydrogen) atoms. The Morgan fingerprint density at radius 1 is 1.06 bits per heavy atom. The zero-order chi connectivity index (χ0) is 22.4. The van der Waals surface area contributed by atoms with Crippen LogP contribution in [-0.4, -0.2) is 41.8 Å². The molecule has 1 heterocycles. The van der Waals surface area contributed by atoms with E-state index < -0.39 is 0 Å². The Kier molecular flexibility index (Phi) is 7.69. The Hall–Kier alpha value is -2.86. The van der Waals surface area contributed by atoms with Crippen LogP contribution in [0.4, 0.5) is 5.69 Å². The molecule has 0 saturated carbocycles. The Labute approximate surface area is 188 Å². The summed E-state index contributed by atoms with van der Waals surface area (Å²) in [6.07, 6.45) is 2.23. The van der Waals surface area contributed by atoms with Crippen LogP contribution in [0.1, 0.15) is 53.8 Å². The normalized spacial score (nSPS) is 15.3. The average molecular weight is 442 g/mol. The summed E-state index contributed by atoms with van der Waals surface area (Å²) in [5, 5.41) is 6.20. The first-order valence-corrected chi connectivity index (χ1v) is 11.0. The number of nitrogens with one attached hydrogen (secondary N) is 2. The Bertz CT molecular complexity index is 937. The molecule has 1 atom stereocenters. The van der Waals surface area contributed by atoms with Crippen LogP contribution in [0, 0.1) is 5.92 Å². The molecule has 1 fully saturated rings. The standard InChI is InChI=1S/C24H28ClN3O3/c1-3-16(2)26-22(29)17-12-14-28(15-13-17)24(31)18-8-10-19(11-9-18)27-23(30)20-6-4-5-7-21(20)25/h4-11,16-17H,3,12-15H2,1-2H3,(H,26,29)(H,27,30)/t16-/m1/s1. The number of halogens is 1. The highest BCUT2D eigenvalue weighted by Gasteiger charge is 2.28. The van der Waals surface area contributed by atoms with Gasteiger partial charge in [0, 0.05) is 36.3 Å². The van der Waals surface area contributed by atoms with Crippen LogP contribution in [0.2, 0.25) is 5.02 Å². The lowest BCUT2D eigenvalue weighted by Crippen LogP contribution is -2.44. The van der Waals surface area contributed by atoms with Gasteiger partial charge in [-0.05, 0) is 62.6 Å². The summed E-state index contributed by atoms with van der Waals surface area (Å²) in [6, 6.07) is 13.8. The number of rotatable bonds is 6. The number of nitrogens with zero attached hydrogens (tertiary/aromatic N) is 1. The van der Waals surface area contributed by atoms with E-state index in [1.807, 2.05) is 13.8 Å². The average Bonchev–Trinajstić information content (AvgIpc) is 2.79. The lowest BCUT2D eigenvalue weighted by Gasteiger charge is -2.32. The molecule has 164 valence electrons. The number of hydrogen-bond donors (Lipinski definition) is 2. The van der Waals surface area contributed by atoms with E-state index >= 15 is 0 Å². The van der Waals surface area contributed by atoms with Gasteiger partial charge in [0.25, 0.3) is 11.8 Å². The van der Waals surface area contributed by atoms with Crippen LogP contribution in [0.5, 0.6) is 0 Å². The number of hydrogen-bond acceptors (Lipinski definition) is 3. The van der Waals surface area contributed by atoms with Gasteiger partial charge in [-0.25, -0.2) is 0 Å². The molecule has 1 aliphatic rings. The number of anilines is 1. The molecule has 0 radical (unpaired) electrons. The number of likely N-dealkylation sites (tertiary alicyclic amines) is 1. The van der Waals surface area contributed by atoms with Crippen molar-refractivity contribution in [1.29, 1.82) is 0 Å². The second-order valence-electron chi connectivity index (χ2n) is 7.90. The van der Waals surface area contributed by atoms with E-state index in [1.54, 1.807) is 53.4 Å². The topological polar surface area (TPSA) is 78.5 Å². The fourth-order valence-corrected chi connectivity index (χ4v) is 3.75. The van der Waals surface area contributed by atoms with Crippen molar-refractivity contribution >= 4 is 35.0 Å². The maximum atomic E-state index is 12.8. The van der Waals surface area contributed by atoms with Crippen molar-refractivity contribution in [1.82, 2.24) is 10.2 Å². The van der Waals surface area contributed by atoms with Crippen LogP contribution in [0.3, 0.4) is 0 Å². The molecule has 2 aromatic rings. The third-order valence-corrected chi connectivity index (χ3v) is 5.99. The van der Waals surface area contributed by atoms with Crippen LogP contribution < -0.4 is 10.6 Å². The van der Waals surface area contributed by atoms with E-state index in [0.717, 1.165) is 6.42 Å². The van der Waals surface area contributed by atoms with Gasteiger partial charge in [-0.15, -0.1) is 0 Å². The predicted octanol–water partition coefficient (Wildman–Crippen LogP) is 4.36. The quantitative estimate of drug-likeness (QED) is 0.699. The van der Waals surface area contributed by atoms with Crippen molar-refractivity contribution in [2.45, 2.75) is 39.2 Å². The number of carbonyl (C=O) groups is 3. The summed E-state index contributed by atoms with van der Waals surface area (Å²) < 4.78 is 0. The smallest absolute Gasteiger partial charge is 0.257 e. The molecule has 2 aromatic carbocycles. The van der Waals surface area contributed by atoms with Crippen molar-refractivity contribution in [3.05, 3.63) is 64.7 Å². The van der Waals surface area contributed by atoms with Gasteiger partial charge in [0.05, 0.1) is 10.6 Å². The van der Waals surface area contributed by atoms with Gasteiger partial charge in [-0.1, -0.05) is 30.7 Å².